The molecule has 0 radical (unpaired) electrons. The first-order valence-electron chi connectivity index (χ1n) is 2.76. The molecule has 0 amide bonds. The van der Waals surface area contributed by atoms with Crippen LogP contribution in [0, 0.1) is 0 Å². The van der Waals surface area contributed by atoms with Gasteiger partial charge in [-0.05, 0) is 23.2 Å². The zero-order valence-electron chi connectivity index (χ0n) is 5.51. The lowest BCUT2D eigenvalue weighted by Crippen LogP contribution is -1.91. The van der Waals surface area contributed by atoms with E-state index < -0.39 is 11.1 Å². The van der Waals surface area contributed by atoms with Crippen molar-refractivity contribution in [3.8, 4) is 0 Å². The van der Waals surface area contributed by atoms with Crippen LogP contribution in [0.2, 0.25) is 15.1 Å². The minimum atomic E-state index is -2.43. The second-order valence-electron chi connectivity index (χ2n) is 1.93. The lowest BCUT2D eigenvalue weighted by molar-refractivity contribution is 0.537. The molecule has 0 N–H and O–H groups in total. The van der Waals surface area contributed by atoms with Crippen molar-refractivity contribution in [1.82, 2.24) is 0 Å². The molecule has 1 aromatic rings. The Labute approximate surface area is 86.7 Å². The van der Waals surface area contributed by atoms with Gasteiger partial charge < -0.3 is 4.55 Å². The molecule has 66 valence electrons. The van der Waals surface area contributed by atoms with Gasteiger partial charge in [-0.15, -0.1) is 0 Å². The molecule has 6 heteroatoms. The maximum Gasteiger partial charge on any atom is 0.0622 e. The van der Waals surface area contributed by atoms with Gasteiger partial charge in [-0.3, -0.25) is 4.21 Å². The van der Waals surface area contributed by atoms with Crippen LogP contribution >= 0.6 is 34.8 Å². The maximum absolute atomic E-state index is 10.5. The van der Waals surface area contributed by atoms with Crippen molar-refractivity contribution >= 4 is 45.9 Å². The molecule has 0 saturated heterocycles. The molecule has 1 atom stereocenters. The number of hydrogen-bond donors (Lipinski definition) is 0. The largest absolute Gasteiger partial charge is 0.768 e. The maximum atomic E-state index is 10.5. The summed E-state index contributed by atoms with van der Waals surface area (Å²) in [4.78, 5) is -0.122. The number of hydrogen-bond acceptors (Lipinski definition) is 2. The Balaban J connectivity index is 3.38. The molecular formula is C6H2Cl3O2S-. The van der Waals surface area contributed by atoms with Crippen molar-refractivity contribution in [2.24, 2.45) is 0 Å². The van der Waals surface area contributed by atoms with Gasteiger partial charge in [0, 0.05) is 5.02 Å². The van der Waals surface area contributed by atoms with Gasteiger partial charge in [0.15, 0.2) is 0 Å². The summed E-state index contributed by atoms with van der Waals surface area (Å²) in [6.45, 7) is 0. The highest BCUT2D eigenvalue weighted by molar-refractivity contribution is 7.79. The van der Waals surface area contributed by atoms with Gasteiger partial charge in [-0.1, -0.05) is 34.8 Å². The highest BCUT2D eigenvalue weighted by Crippen LogP contribution is 2.30. The smallest absolute Gasteiger partial charge is 0.0622 e. The fourth-order valence-electron chi connectivity index (χ4n) is 0.688. The van der Waals surface area contributed by atoms with Crippen LogP contribution in [-0.2, 0) is 11.1 Å². The second kappa shape index (κ2) is 3.94. The molecule has 0 saturated carbocycles. The molecule has 0 fully saturated rings. The SMILES string of the molecule is O=S([O-])c1c(Cl)cc(Cl)cc1Cl. The van der Waals surface area contributed by atoms with E-state index in [4.69, 9.17) is 34.8 Å². The van der Waals surface area contributed by atoms with Crippen molar-refractivity contribution in [2.45, 2.75) is 4.90 Å². The molecule has 1 aromatic carbocycles. The summed E-state index contributed by atoms with van der Waals surface area (Å²) >= 11 is 14.3. The third-order valence-electron chi connectivity index (χ3n) is 1.13. The molecular weight excluding hydrogens is 242 g/mol. The Kier molecular flexibility index (Phi) is 3.37. The number of rotatable bonds is 1. The average molecular weight is 245 g/mol. The molecule has 0 spiro atoms. The zero-order valence-corrected chi connectivity index (χ0v) is 8.60. The van der Waals surface area contributed by atoms with E-state index in [-0.39, 0.29) is 14.9 Å². The Hall–Kier alpha value is 0.200. The van der Waals surface area contributed by atoms with E-state index in [1.807, 2.05) is 0 Å². The van der Waals surface area contributed by atoms with E-state index in [1.54, 1.807) is 0 Å². The standard InChI is InChI=1S/C6H3Cl3O2S/c7-3-1-4(8)6(12(10)11)5(9)2-3/h1-2H,(H,10,11)/p-1. The quantitative estimate of drug-likeness (QED) is 0.713. The normalized spacial score (nSPS) is 13.0. The Bertz CT molecular complexity index is 317. The monoisotopic (exact) mass is 243 g/mol. The van der Waals surface area contributed by atoms with E-state index in [0.717, 1.165) is 0 Å². The average Bonchev–Trinajstić information content (AvgIpc) is 1.82. The van der Waals surface area contributed by atoms with Crippen molar-refractivity contribution < 1.29 is 8.76 Å². The summed E-state index contributed by atoms with van der Waals surface area (Å²) in [6, 6.07) is 2.64. The molecule has 1 rings (SSSR count). The van der Waals surface area contributed by atoms with Crippen LogP contribution in [-0.4, -0.2) is 8.76 Å². The highest BCUT2D eigenvalue weighted by atomic mass is 35.5. The fraction of sp³-hybridized carbons (Fsp3) is 0. The Morgan fingerprint density at radius 1 is 1.17 bits per heavy atom. The topological polar surface area (TPSA) is 40.1 Å². The van der Waals surface area contributed by atoms with Gasteiger partial charge in [0.1, 0.15) is 0 Å². The van der Waals surface area contributed by atoms with E-state index in [2.05, 4.69) is 0 Å². The molecule has 0 aliphatic carbocycles. The number of halogens is 3. The second-order valence-corrected chi connectivity index (χ2v) is 4.06. The van der Waals surface area contributed by atoms with E-state index in [9.17, 15) is 8.76 Å². The van der Waals surface area contributed by atoms with Gasteiger partial charge >= 0.3 is 0 Å². The lowest BCUT2D eigenvalue weighted by atomic mass is 10.4. The van der Waals surface area contributed by atoms with Crippen molar-refractivity contribution in [3.05, 3.63) is 27.2 Å². The summed E-state index contributed by atoms with van der Waals surface area (Å²) in [5.41, 5.74) is 0. The van der Waals surface area contributed by atoms with Gasteiger partial charge in [0.05, 0.1) is 14.9 Å². The van der Waals surface area contributed by atoms with Crippen LogP contribution in [0.3, 0.4) is 0 Å². The van der Waals surface area contributed by atoms with E-state index in [0.29, 0.717) is 5.02 Å². The fourth-order valence-corrected chi connectivity index (χ4v) is 2.32. The molecule has 12 heavy (non-hydrogen) atoms. The summed E-state index contributed by atoms with van der Waals surface area (Å²) in [5.74, 6) is 0. The molecule has 0 heterocycles. The first-order valence-corrected chi connectivity index (χ1v) is 4.97. The summed E-state index contributed by atoms with van der Waals surface area (Å²) in [5, 5.41) is 0.362. The lowest BCUT2D eigenvalue weighted by Gasteiger charge is -2.09. The van der Waals surface area contributed by atoms with Gasteiger partial charge in [-0.2, -0.15) is 0 Å². The number of benzene rings is 1. The van der Waals surface area contributed by atoms with Crippen LogP contribution in [0.4, 0.5) is 0 Å². The van der Waals surface area contributed by atoms with Crippen molar-refractivity contribution in [2.75, 3.05) is 0 Å². The molecule has 0 aliphatic rings. The van der Waals surface area contributed by atoms with Gasteiger partial charge in [0.2, 0.25) is 0 Å². The first kappa shape index (κ1) is 10.3. The minimum Gasteiger partial charge on any atom is -0.768 e. The summed E-state index contributed by atoms with van der Waals surface area (Å²) < 4.78 is 21.1. The highest BCUT2D eigenvalue weighted by Gasteiger charge is 2.07. The summed E-state index contributed by atoms with van der Waals surface area (Å²) in [6.07, 6.45) is 0. The van der Waals surface area contributed by atoms with E-state index in [1.165, 1.54) is 12.1 Å². The van der Waals surface area contributed by atoms with Crippen LogP contribution in [0.1, 0.15) is 0 Å². The predicted molar refractivity (Wildman–Crippen MR) is 48.7 cm³/mol. The Morgan fingerprint density at radius 2 is 1.58 bits per heavy atom. The minimum absolute atomic E-state index is 0.0285. The molecule has 0 aliphatic heterocycles. The van der Waals surface area contributed by atoms with Gasteiger partial charge in [-0.25, -0.2) is 0 Å². The molecule has 0 aromatic heterocycles. The first-order chi connectivity index (χ1) is 5.52. The molecule has 0 bridgehead atoms. The predicted octanol–water partition coefficient (Wildman–Crippen LogP) is 2.88. The molecule has 2 nitrogen and oxygen atoms in total. The Morgan fingerprint density at radius 3 is 1.92 bits per heavy atom. The van der Waals surface area contributed by atoms with Crippen LogP contribution in [0.25, 0.3) is 0 Å². The zero-order chi connectivity index (χ0) is 9.30. The van der Waals surface area contributed by atoms with Crippen LogP contribution < -0.4 is 0 Å². The molecule has 1 unspecified atom stereocenters. The van der Waals surface area contributed by atoms with Crippen molar-refractivity contribution in [3.63, 3.8) is 0 Å². The van der Waals surface area contributed by atoms with Crippen molar-refractivity contribution in [1.29, 1.82) is 0 Å². The van der Waals surface area contributed by atoms with Crippen LogP contribution in [0.5, 0.6) is 0 Å². The van der Waals surface area contributed by atoms with Crippen LogP contribution in [0.15, 0.2) is 17.0 Å². The third-order valence-corrected chi connectivity index (χ3v) is 2.94. The van der Waals surface area contributed by atoms with E-state index >= 15 is 0 Å². The third kappa shape index (κ3) is 2.12. The summed E-state index contributed by atoms with van der Waals surface area (Å²) in [7, 11) is 0. The van der Waals surface area contributed by atoms with Gasteiger partial charge in [0.25, 0.3) is 0 Å².